The molecule has 0 radical (unpaired) electrons. The summed E-state index contributed by atoms with van der Waals surface area (Å²) in [7, 11) is 2.96. The van der Waals surface area contributed by atoms with E-state index in [4.69, 9.17) is 9.57 Å². The van der Waals surface area contributed by atoms with Crippen LogP contribution in [0.5, 0.6) is 5.75 Å². The van der Waals surface area contributed by atoms with Gasteiger partial charge >= 0.3 is 6.03 Å². The van der Waals surface area contributed by atoms with E-state index in [1.54, 1.807) is 12.1 Å². The highest BCUT2D eigenvalue weighted by Gasteiger charge is 2.07. The van der Waals surface area contributed by atoms with Crippen LogP contribution in [0.25, 0.3) is 0 Å². The summed E-state index contributed by atoms with van der Waals surface area (Å²) < 4.78 is 5.68. The van der Waals surface area contributed by atoms with Crippen LogP contribution in [0.2, 0.25) is 0 Å². The van der Waals surface area contributed by atoms with Gasteiger partial charge in [-0.05, 0) is 42.8 Å². The number of urea groups is 1. The Hall–Kier alpha value is -2.60. The number of ether oxygens (including phenoxy) is 1. The van der Waals surface area contributed by atoms with Crippen molar-refractivity contribution in [3.05, 3.63) is 53.9 Å². The summed E-state index contributed by atoms with van der Waals surface area (Å²) in [4.78, 5) is 20.8. The monoisotopic (exact) mass is 315 g/mol. The van der Waals surface area contributed by atoms with E-state index in [1.807, 2.05) is 37.4 Å². The summed E-state index contributed by atoms with van der Waals surface area (Å²) in [6.07, 6.45) is 2.60. The lowest BCUT2D eigenvalue weighted by Crippen LogP contribution is -2.30. The van der Waals surface area contributed by atoms with E-state index in [0.29, 0.717) is 12.3 Å². The second kappa shape index (κ2) is 8.14. The number of nitrogens with one attached hydrogen (secondary N) is 1. The summed E-state index contributed by atoms with van der Waals surface area (Å²) in [5.41, 5.74) is 2.82. The Morgan fingerprint density at radius 3 is 2.57 bits per heavy atom. The number of nitrogens with zero attached hydrogens (tertiary/aromatic N) is 2. The lowest BCUT2D eigenvalue weighted by molar-refractivity contribution is -0.0598. The molecule has 0 atom stereocenters. The molecule has 122 valence electrons. The lowest BCUT2D eigenvalue weighted by Gasteiger charge is -2.14. The van der Waals surface area contributed by atoms with Crippen LogP contribution in [-0.4, -0.2) is 36.8 Å². The number of aromatic nitrogens is 1. The normalized spacial score (nSPS) is 10.2. The zero-order valence-electron chi connectivity index (χ0n) is 13.6. The van der Waals surface area contributed by atoms with Gasteiger partial charge in [0, 0.05) is 31.0 Å². The molecule has 1 N–H and O–H groups in total. The van der Waals surface area contributed by atoms with Crippen molar-refractivity contribution in [2.24, 2.45) is 0 Å². The number of amides is 2. The van der Waals surface area contributed by atoms with Gasteiger partial charge in [0.2, 0.25) is 0 Å². The summed E-state index contributed by atoms with van der Waals surface area (Å²) in [5, 5.41) is 3.81. The number of rotatable bonds is 6. The van der Waals surface area contributed by atoms with E-state index in [2.05, 4.69) is 10.3 Å². The Morgan fingerprint density at radius 1 is 1.22 bits per heavy atom. The van der Waals surface area contributed by atoms with Crippen molar-refractivity contribution in [1.82, 2.24) is 10.0 Å². The van der Waals surface area contributed by atoms with Crippen molar-refractivity contribution in [2.75, 3.05) is 26.1 Å². The van der Waals surface area contributed by atoms with Gasteiger partial charge in [-0.1, -0.05) is 6.07 Å². The molecule has 23 heavy (non-hydrogen) atoms. The lowest BCUT2D eigenvalue weighted by atomic mass is 10.2. The Kier molecular flexibility index (Phi) is 5.94. The molecule has 0 fully saturated rings. The van der Waals surface area contributed by atoms with E-state index in [-0.39, 0.29) is 6.03 Å². The van der Waals surface area contributed by atoms with Gasteiger partial charge in [0.05, 0.1) is 13.7 Å². The molecule has 0 bridgehead atoms. The minimum Gasteiger partial charge on any atom is -0.493 e. The number of anilines is 1. The molecule has 0 unspecified atom stereocenters. The average Bonchev–Trinajstić information content (AvgIpc) is 2.57. The van der Waals surface area contributed by atoms with E-state index >= 15 is 0 Å². The zero-order valence-corrected chi connectivity index (χ0v) is 13.6. The zero-order chi connectivity index (χ0) is 16.7. The standard InChI is InChI=1S/C17H21N3O3/c1-13-4-5-14(18-12-13)10-11-23-16-8-6-15(7-9-16)19-17(21)20(2)22-3/h4-9,12H,10-11H2,1-3H3,(H,19,21). The first kappa shape index (κ1) is 16.8. The molecule has 2 aromatic rings. The molecular weight excluding hydrogens is 294 g/mol. The second-order valence-electron chi connectivity index (χ2n) is 5.06. The fourth-order valence-electron chi connectivity index (χ4n) is 1.84. The smallest absolute Gasteiger partial charge is 0.345 e. The molecule has 0 saturated heterocycles. The maximum atomic E-state index is 11.6. The summed E-state index contributed by atoms with van der Waals surface area (Å²) in [5.74, 6) is 0.746. The van der Waals surface area contributed by atoms with Gasteiger partial charge in [-0.2, -0.15) is 0 Å². The third-order valence-corrected chi connectivity index (χ3v) is 3.27. The molecule has 6 nitrogen and oxygen atoms in total. The first-order valence-corrected chi connectivity index (χ1v) is 7.31. The number of hydroxylamine groups is 2. The van der Waals surface area contributed by atoms with Crippen LogP contribution in [0.1, 0.15) is 11.3 Å². The molecule has 0 aliphatic carbocycles. The van der Waals surface area contributed by atoms with E-state index in [1.165, 1.54) is 14.2 Å². The van der Waals surface area contributed by atoms with Gasteiger partial charge in [-0.15, -0.1) is 0 Å². The maximum absolute atomic E-state index is 11.6. The summed E-state index contributed by atoms with van der Waals surface area (Å²) in [6, 6.07) is 10.9. The Morgan fingerprint density at radius 2 is 1.96 bits per heavy atom. The minimum absolute atomic E-state index is 0.341. The summed E-state index contributed by atoms with van der Waals surface area (Å²) >= 11 is 0. The van der Waals surface area contributed by atoms with Gasteiger partial charge < -0.3 is 10.1 Å². The van der Waals surface area contributed by atoms with Crippen molar-refractivity contribution < 1.29 is 14.4 Å². The molecule has 2 amide bonds. The number of hydrogen-bond donors (Lipinski definition) is 1. The molecule has 1 aromatic heterocycles. The van der Waals surface area contributed by atoms with E-state index in [9.17, 15) is 4.79 Å². The Bertz CT molecular complexity index is 627. The van der Waals surface area contributed by atoms with Crippen LogP contribution in [0.4, 0.5) is 10.5 Å². The quantitative estimate of drug-likeness (QED) is 0.832. The number of carbonyl (C=O) groups is 1. The highest BCUT2D eigenvalue weighted by molar-refractivity contribution is 5.88. The highest BCUT2D eigenvalue weighted by Crippen LogP contribution is 2.16. The van der Waals surface area contributed by atoms with Gasteiger partial charge in [-0.3, -0.25) is 9.82 Å². The van der Waals surface area contributed by atoms with Crippen molar-refractivity contribution in [3.63, 3.8) is 0 Å². The number of hydrogen-bond acceptors (Lipinski definition) is 4. The second-order valence-corrected chi connectivity index (χ2v) is 5.06. The van der Waals surface area contributed by atoms with Gasteiger partial charge in [0.25, 0.3) is 0 Å². The predicted octanol–water partition coefficient (Wildman–Crippen LogP) is 3.04. The van der Waals surface area contributed by atoms with E-state index < -0.39 is 0 Å². The van der Waals surface area contributed by atoms with E-state index in [0.717, 1.165) is 28.5 Å². The minimum atomic E-state index is -0.341. The highest BCUT2D eigenvalue weighted by atomic mass is 16.7. The van der Waals surface area contributed by atoms with Crippen molar-refractivity contribution in [1.29, 1.82) is 0 Å². The van der Waals surface area contributed by atoms with Gasteiger partial charge in [0.15, 0.2) is 0 Å². The Balaban J connectivity index is 1.80. The molecule has 6 heteroatoms. The Labute approximate surface area is 136 Å². The molecule has 2 rings (SSSR count). The van der Waals surface area contributed by atoms with Crippen LogP contribution < -0.4 is 10.1 Å². The fourth-order valence-corrected chi connectivity index (χ4v) is 1.84. The molecular formula is C17H21N3O3. The molecule has 0 aliphatic rings. The topological polar surface area (TPSA) is 63.7 Å². The van der Waals surface area contributed by atoms with Crippen LogP contribution in [-0.2, 0) is 11.3 Å². The van der Waals surface area contributed by atoms with Crippen LogP contribution in [0, 0.1) is 6.92 Å². The van der Waals surface area contributed by atoms with Crippen molar-refractivity contribution in [2.45, 2.75) is 13.3 Å². The number of pyridine rings is 1. The first-order chi connectivity index (χ1) is 11.1. The third-order valence-electron chi connectivity index (χ3n) is 3.27. The van der Waals surface area contributed by atoms with Crippen molar-refractivity contribution in [3.8, 4) is 5.75 Å². The number of benzene rings is 1. The largest absolute Gasteiger partial charge is 0.493 e. The van der Waals surface area contributed by atoms with Crippen LogP contribution in [0.3, 0.4) is 0 Å². The maximum Gasteiger partial charge on any atom is 0.345 e. The third kappa shape index (κ3) is 5.27. The van der Waals surface area contributed by atoms with Crippen molar-refractivity contribution >= 4 is 11.7 Å². The predicted molar refractivity (Wildman–Crippen MR) is 88.4 cm³/mol. The van der Waals surface area contributed by atoms with Crippen LogP contribution in [0.15, 0.2) is 42.6 Å². The number of aryl methyl sites for hydroxylation is 1. The average molecular weight is 315 g/mol. The molecule has 0 saturated carbocycles. The van der Waals surface area contributed by atoms with Gasteiger partial charge in [0.1, 0.15) is 5.75 Å². The number of carbonyl (C=O) groups excluding carboxylic acids is 1. The molecule has 1 heterocycles. The SMILES string of the molecule is CON(C)C(=O)Nc1ccc(OCCc2ccc(C)cn2)cc1. The molecule has 0 aliphatic heterocycles. The van der Waals surface area contributed by atoms with Crippen LogP contribution >= 0.6 is 0 Å². The fraction of sp³-hybridized carbons (Fsp3) is 0.294. The summed E-state index contributed by atoms with van der Waals surface area (Å²) in [6.45, 7) is 2.56. The molecule has 0 spiro atoms. The molecule has 1 aromatic carbocycles. The first-order valence-electron chi connectivity index (χ1n) is 7.31. The van der Waals surface area contributed by atoms with Gasteiger partial charge in [-0.25, -0.2) is 9.86 Å².